The van der Waals surface area contributed by atoms with Crippen molar-refractivity contribution in [3.8, 4) is 10.6 Å². The number of fused-ring (bicyclic) bond motifs is 1. The van der Waals surface area contributed by atoms with E-state index in [1.165, 1.54) is 29.5 Å². The number of nitrogens with one attached hydrogen (secondary N) is 3. The van der Waals surface area contributed by atoms with E-state index < -0.39 is 11.8 Å². The van der Waals surface area contributed by atoms with Gasteiger partial charge in [0.25, 0.3) is 0 Å². The first kappa shape index (κ1) is 20.3. The quantitative estimate of drug-likeness (QED) is 0.535. The molecule has 6 nitrogen and oxygen atoms in total. The van der Waals surface area contributed by atoms with Crippen molar-refractivity contribution in [1.29, 1.82) is 0 Å². The normalized spacial score (nSPS) is 14.0. The van der Waals surface area contributed by atoms with E-state index in [1.807, 2.05) is 24.3 Å². The standard InChI is InChI=1S/C22H23FN4O2S/c23-14-9-10-17(16(13-14)21-26-18-7-3-4-8-19(18)30-21)27-22(29)24-12-11-20(28)25-15-5-1-2-6-15/h3-4,7-10,13,15H,1-2,5-6,11-12H2,(H,25,28)(H2,24,27,29). The van der Waals surface area contributed by atoms with Gasteiger partial charge in [-0.2, -0.15) is 0 Å². The summed E-state index contributed by atoms with van der Waals surface area (Å²) in [6.07, 6.45) is 4.58. The molecule has 0 spiro atoms. The Morgan fingerprint density at radius 1 is 1.13 bits per heavy atom. The molecule has 156 valence electrons. The van der Waals surface area contributed by atoms with E-state index >= 15 is 0 Å². The third-order valence-electron chi connectivity index (χ3n) is 5.11. The molecule has 1 heterocycles. The van der Waals surface area contributed by atoms with Crippen LogP contribution in [0.5, 0.6) is 0 Å². The van der Waals surface area contributed by atoms with Crippen molar-refractivity contribution in [3.63, 3.8) is 0 Å². The molecule has 1 aliphatic rings. The second-order valence-electron chi connectivity index (χ2n) is 7.36. The van der Waals surface area contributed by atoms with Crippen molar-refractivity contribution in [2.24, 2.45) is 0 Å². The Hall–Kier alpha value is -3.00. The lowest BCUT2D eigenvalue weighted by atomic mass is 10.2. The zero-order valence-corrected chi connectivity index (χ0v) is 17.2. The zero-order chi connectivity index (χ0) is 20.9. The first-order valence-electron chi connectivity index (χ1n) is 10.1. The lowest BCUT2D eigenvalue weighted by Crippen LogP contribution is -2.36. The molecule has 3 N–H and O–H groups in total. The molecule has 0 radical (unpaired) electrons. The zero-order valence-electron chi connectivity index (χ0n) is 16.4. The summed E-state index contributed by atoms with van der Waals surface area (Å²) in [5, 5.41) is 9.05. The summed E-state index contributed by atoms with van der Waals surface area (Å²) in [5.74, 6) is -0.460. The third-order valence-corrected chi connectivity index (χ3v) is 6.18. The number of rotatable bonds is 6. The van der Waals surface area contributed by atoms with Crippen molar-refractivity contribution >= 4 is 39.2 Å². The van der Waals surface area contributed by atoms with Crippen molar-refractivity contribution in [1.82, 2.24) is 15.6 Å². The largest absolute Gasteiger partial charge is 0.353 e. The molecule has 2 aromatic carbocycles. The van der Waals surface area contributed by atoms with Gasteiger partial charge in [-0.05, 0) is 43.2 Å². The van der Waals surface area contributed by atoms with Gasteiger partial charge in [-0.25, -0.2) is 14.2 Å². The number of carbonyl (C=O) groups excluding carboxylic acids is 2. The van der Waals surface area contributed by atoms with E-state index in [2.05, 4.69) is 20.9 Å². The van der Waals surface area contributed by atoms with Crippen LogP contribution in [-0.4, -0.2) is 29.5 Å². The Bertz CT molecular complexity index is 1030. The molecule has 0 bridgehead atoms. The van der Waals surface area contributed by atoms with Gasteiger partial charge in [0.2, 0.25) is 5.91 Å². The average molecular weight is 427 g/mol. The number of nitrogens with zero attached hydrogens (tertiary/aromatic N) is 1. The highest BCUT2D eigenvalue weighted by Gasteiger charge is 2.17. The predicted octanol–water partition coefficient (Wildman–Crippen LogP) is 4.67. The Morgan fingerprint density at radius 3 is 2.73 bits per heavy atom. The van der Waals surface area contributed by atoms with Crippen LogP contribution in [0.2, 0.25) is 0 Å². The van der Waals surface area contributed by atoms with E-state index in [4.69, 9.17) is 0 Å². The van der Waals surface area contributed by atoms with Crippen LogP contribution in [0.4, 0.5) is 14.9 Å². The van der Waals surface area contributed by atoms with Gasteiger partial charge in [0.1, 0.15) is 10.8 Å². The molecule has 3 aromatic rings. The van der Waals surface area contributed by atoms with Crippen LogP contribution in [0.25, 0.3) is 20.8 Å². The van der Waals surface area contributed by atoms with E-state index in [0.29, 0.717) is 16.3 Å². The summed E-state index contributed by atoms with van der Waals surface area (Å²) in [5.41, 5.74) is 1.80. The predicted molar refractivity (Wildman–Crippen MR) is 117 cm³/mol. The Morgan fingerprint density at radius 2 is 1.93 bits per heavy atom. The summed E-state index contributed by atoms with van der Waals surface area (Å²) < 4.78 is 14.9. The highest BCUT2D eigenvalue weighted by atomic mass is 32.1. The minimum Gasteiger partial charge on any atom is -0.353 e. The Balaban J connectivity index is 1.38. The Kier molecular flexibility index (Phi) is 6.23. The van der Waals surface area contributed by atoms with Crippen LogP contribution >= 0.6 is 11.3 Å². The molecule has 0 atom stereocenters. The van der Waals surface area contributed by atoms with Crippen LogP contribution in [0.15, 0.2) is 42.5 Å². The lowest BCUT2D eigenvalue weighted by Gasteiger charge is -2.13. The monoisotopic (exact) mass is 426 g/mol. The molecule has 8 heteroatoms. The first-order valence-corrected chi connectivity index (χ1v) is 10.9. The first-order chi connectivity index (χ1) is 14.6. The van der Waals surface area contributed by atoms with Gasteiger partial charge in [0.15, 0.2) is 0 Å². The van der Waals surface area contributed by atoms with Gasteiger partial charge in [-0.3, -0.25) is 4.79 Å². The maximum absolute atomic E-state index is 13.9. The molecule has 3 amide bonds. The molecule has 1 saturated carbocycles. The third kappa shape index (κ3) is 4.94. The van der Waals surface area contributed by atoms with Gasteiger partial charge in [0, 0.05) is 24.6 Å². The number of halogens is 1. The average Bonchev–Trinajstić information content (AvgIpc) is 3.38. The number of para-hydroxylation sites is 1. The molecule has 0 saturated heterocycles. The molecule has 0 aliphatic heterocycles. The molecule has 1 fully saturated rings. The Labute approximate surface area is 177 Å². The summed E-state index contributed by atoms with van der Waals surface area (Å²) in [4.78, 5) is 28.8. The minimum absolute atomic E-state index is 0.0563. The van der Waals surface area contributed by atoms with Crippen LogP contribution in [0, 0.1) is 5.82 Å². The maximum atomic E-state index is 13.9. The summed E-state index contributed by atoms with van der Waals surface area (Å²) in [6.45, 7) is 0.224. The fourth-order valence-corrected chi connectivity index (χ4v) is 4.61. The number of hydrogen-bond donors (Lipinski definition) is 3. The van der Waals surface area contributed by atoms with Crippen LogP contribution in [0.1, 0.15) is 32.1 Å². The molecule has 1 aliphatic carbocycles. The van der Waals surface area contributed by atoms with Crippen LogP contribution in [-0.2, 0) is 4.79 Å². The van der Waals surface area contributed by atoms with Crippen molar-refractivity contribution in [2.45, 2.75) is 38.1 Å². The summed E-state index contributed by atoms with van der Waals surface area (Å²) in [6, 6.07) is 11.7. The van der Waals surface area contributed by atoms with Gasteiger partial charge >= 0.3 is 6.03 Å². The van der Waals surface area contributed by atoms with E-state index in [9.17, 15) is 14.0 Å². The number of carbonyl (C=O) groups is 2. The fraction of sp³-hybridized carbons (Fsp3) is 0.318. The number of benzene rings is 2. The van der Waals surface area contributed by atoms with Crippen molar-refractivity contribution in [2.75, 3.05) is 11.9 Å². The van der Waals surface area contributed by atoms with Crippen LogP contribution in [0.3, 0.4) is 0 Å². The number of thiazole rings is 1. The summed E-state index contributed by atoms with van der Waals surface area (Å²) in [7, 11) is 0. The number of hydrogen-bond acceptors (Lipinski definition) is 4. The van der Waals surface area contributed by atoms with E-state index in [-0.39, 0.29) is 24.9 Å². The number of urea groups is 1. The minimum atomic E-state index is -0.447. The molecule has 4 rings (SSSR count). The SMILES string of the molecule is O=C(CCNC(=O)Nc1ccc(F)cc1-c1nc2ccccc2s1)NC1CCCC1. The van der Waals surface area contributed by atoms with Crippen LogP contribution < -0.4 is 16.0 Å². The molecular weight excluding hydrogens is 403 g/mol. The van der Waals surface area contributed by atoms with Gasteiger partial charge in [-0.15, -0.1) is 11.3 Å². The maximum Gasteiger partial charge on any atom is 0.319 e. The van der Waals surface area contributed by atoms with Crippen molar-refractivity contribution < 1.29 is 14.0 Å². The van der Waals surface area contributed by atoms with Gasteiger partial charge < -0.3 is 16.0 Å². The van der Waals surface area contributed by atoms with Gasteiger partial charge in [0.05, 0.1) is 15.9 Å². The molecule has 0 unspecified atom stereocenters. The second kappa shape index (κ2) is 9.21. The summed E-state index contributed by atoms with van der Waals surface area (Å²) >= 11 is 1.43. The highest BCUT2D eigenvalue weighted by molar-refractivity contribution is 7.21. The molecular formula is C22H23FN4O2S. The highest BCUT2D eigenvalue weighted by Crippen LogP contribution is 2.35. The second-order valence-corrected chi connectivity index (χ2v) is 8.39. The van der Waals surface area contributed by atoms with E-state index in [1.54, 1.807) is 0 Å². The molecule has 30 heavy (non-hydrogen) atoms. The molecule has 1 aromatic heterocycles. The number of aromatic nitrogens is 1. The van der Waals surface area contributed by atoms with E-state index in [0.717, 1.165) is 35.9 Å². The van der Waals surface area contributed by atoms with Crippen molar-refractivity contribution in [3.05, 3.63) is 48.3 Å². The van der Waals surface area contributed by atoms with Gasteiger partial charge in [-0.1, -0.05) is 25.0 Å². The smallest absolute Gasteiger partial charge is 0.319 e. The fourth-order valence-electron chi connectivity index (χ4n) is 3.62. The number of amides is 3. The number of anilines is 1. The lowest BCUT2D eigenvalue weighted by molar-refractivity contribution is -0.121. The topological polar surface area (TPSA) is 83.1 Å².